The van der Waals surface area contributed by atoms with Crippen LogP contribution < -0.4 is 0 Å². The Labute approximate surface area is 285 Å². The molecule has 0 saturated carbocycles. The third-order valence-electron chi connectivity index (χ3n) is 8.94. The minimum absolute atomic E-state index is 0.806. The second-order valence-electron chi connectivity index (χ2n) is 13.9. The number of allylic oxidation sites excluding steroid dienone is 10. The van der Waals surface area contributed by atoms with Gasteiger partial charge < -0.3 is 4.90 Å². The van der Waals surface area contributed by atoms with E-state index in [1.807, 2.05) is 0 Å². The van der Waals surface area contributed by atoms with Crippen LogP contribution in [-0.4, -0.2) is 25.5 Å². The van der Waals surface area contributed by atoms with Gasteiger partial charge in [0.1, 0.15) is 0 Å². The summed E-state index contributed by atoms with van der Waals surface area (Å²) >= 11 is 0. The van der Waals surface area contributed by atoms with Crippen LogP contribution in [0.1, 0.15) is 194 Å². The van der Waals surface area contributed by atoms with Crippen molar-refractivity contribution in [2.75, 3.05) is 20.6 Å². The van der Waals surface area contributed by atoms with E-state index in [0.717, 1.165) is 18.8 Å². The fraction of sp³-hybridized carbons (Fsp3) is 0.773. The van der Waals surface area contributed by atoms with Crippen LogP contribution in [0.4, 0.5) is 0 Å². The van der Waals surface area contributed by atoms with Crippen LogP contribution in [0, 0.1) is 5.92 Å². The predicted molar refractivity (Wildman–Crippen MR) is 208 cm³/mol. The van der Waals surface area contributed by atoms with Gasteiger partial charge in [-0.15, -0.1) is 0 Å². The molecule has 0 aromatic carbocycles. The van der Waals surface area contributed by atoms with Crippen LogP contribution in [0.5, 0.6) is 0 Å². The minimum Gasteiger partial charge on any atom is -0.309 e. The summed E-state index contributed by atoms with van der Waals surface area (Å²) in [5.41, 5.74) is 0. The first kappa shape index (κ1) is 43.7. The van der Waals surface area contributed by atoms with Gasteiger partial charge in [-0.25, -0.2) is 0 Å². The molecule has 0 N–H and O–H groups in total. The zero-order valence-corrected chi connectivity index (χ0v) is 31.3. The summed E-state index contributed by atoms with van der Waals surface area (Å²) in [7, 11) is 4.37. The van der Waals surface area contributed by atoms with E-state index in [-0.39, 0.29) is 0 Å². The van der Waals surface area contributed by atoms with Gasteiger partial charge in [0.25, 0.3) is 0 Å². The van der Waals surface area contributed by atoms with Crippen molar-refractivity contribution in [3.8, 4) is 0 Å². The number of hydrogen-bond donors (Lipinski definition) is 0. The van der Waals surface area contributed by atoms with Gasteiger partial charge in [0.2, 0.25) is 0 Å². The van der Waals surface area contributed by atoms with Gasteiger partial charge in [-0.1, -0.05) is 164 Å². The molecule has 0 unspecified atom stereocenters. The molecule has 0 aliphatic carbocycles. The van der Waals surface area contributed by atoms with E-state index in [4.69, 9.17) is 0 Å². The Balaban J connectivity index is 3.93. The van der Waals surface area contributed by atoms with Crippen molar-refractivity contribution in [2.24, 2.45) is 5.92 Å². The topological polar surface area (TPSA) is 3.24 Å². The van der Waals surface area contributed by atoms with Crippen molar-refractivity contribution in [2.45, 2.75) is 194 Å². The van der Waals surface area contributed by atoms with E-state index in [1.54, 1.807) is 0 Å². The SMILES string of the molecule is CCCCC/C=C\C/C=C\CCCCCCCCC(/C=C\CCCN(C)C)CCCCCCCC/C=C\C/C=C\CCCCC. The van der Waals surface area contributed by atoms with Crippen molar-refractivity contribution >= 4 is 0 Å². The summed E-state index contributed by atoms with van der Waals surface area (Å²) in [6.45, 7) is 5.75. The highest BCUT2D eigenvalue weighted by Crippen LogP contribution is 2.21. The molecule has 0 radical (unpaired) electrons. The summed E-state index contributed by atoms with van der Waals surface area (Å²) < 4.78 is 0. The zero-order chi connectivity index (χ0) is 32.7. The molecule has 45 heavy (non-hydrogen) atoms. The van der Waals surface area contributed by atoms with Crippen LogP contribution in [-0.2, 0) is 0 Å². The fourth-order valence-corrected chi connectivity index (χ4v) is 5.94. The fourth-order valence-electron chi connectivity index (χ4n) is 5.94. The molecular formula is C44H81N. The highest BCUT2D eigenvalue weighted by molar-refractivity contribution is 4.93. The summed E-state index contributed by atoms with van der Waals surface area (Å²) in [5.74, 6) is 0.806. The average Bonchev–Trinajstić information content (AvgIpc) is 3.03. The molecule has 0 aromatic rings. The molecule has 0 atom stereocenters. The summed E-state index contributed by atoms with van der Waals surface area (Å²) in [6, 6.07) is 0. The lowest BCUT2D eigenvalue weighted by Gasteiger charge is -2.13. The number of nitrogens with zero attached hydrogens (tertiary/aromatic N) is 1. The molecular weight excluding hydrogens is 542 g/mol. The predicted octanol–water partition coefficient (Wildman–Crippen LogP) is 14.9. The van der Waals surface area contributed by atoms with Crippen LogP contribution in [0.3, 0.4) is 0 Å². The van der Waals surface area contributed by atoms with Crippen LogP contribution in [0.2, 0.25) is 0 Å². The molecule has 1 nitrogen and oxygen atoms in total. The Morgan fingerprint density at radius 3 is 1.13 bits per heavy atom. The summed E-state index contributed by atoms with van der Waals surface area (Å²) in [6.07, 6.45) is 61.6. The first-order chi connectivity index (χ1) is 22.2. The molecule has 0 bridgehead atoms. The Hall–Kier alpha value is -1.34. The highest BCUT2D eigenvalue weighted by atomic mass is 15.0. The van der Waals surface area contributed by atoms with E-state index in [9.17, 15) is 0 Å². The first-order valence-electron chi connectivity index (χ1n) is 20.1. The molecule has 0 heterocycles. The monoisotopic (exact) mass is 624 g/mol. The quantitative estimate of drug-likeness (QED) is 0.0501. The van der Waals surface area contributed by atoms with Gasteiger partial charge in [0, 0.05) is 0 Å². The first-order valence-corrected chi connectivity index (χ1v) is 20.1. The minimum atomic E-state index is 0.806. The van der Waals surface area contributed by atoms with Crippen LogP contribution >= 0.6 is 0 Å². The number of rotatable bonds is 35. The normalized spacial score (nSPS) is 12.8. The molecule has 0 aliphatic heterocycles. The standard InChI is InChI=1S/C44H81N/c1-5-7-9-11-13-15-17-19-21-23-25-27-29-31-33-36-40-44(42-38-35-39-43-45(3)4)41-37-34-32-30-28-26-24-22-20-18-16-14-12-10-8-6-2/h13-16,19-22,38,42,44H,5-12,17-18,23-37,39-41,43H2,1-4H3/b15-13-,16-14-,21-19-,22-20-,42-38-. The Kier molecular flexibility index (Phi) is 37.7. The Morgan fingerprint density at radius 2 is 0.733 bits per heavy atom. The molecule has 0 fully saturated rings. The summed E-state index contributed by atoms with van der Waals surface area (Å²) in [4.78, 5) is 2.31. The molecule has 0 spiro atoms. The van der Waals surface area contributed by atoms with E-state index < -0.39 is 0 Å². The van der Waals surface area contributed by atoms with Gasteiger partial charge in [0.15, 0.2) is 0 Å². The van der Waals surface area contributed by atoms with E-state index in [2.05, 4.69) is 93.6 Å². The maximum absolute atomic E-state index is 2.59. The van der Waals surface area contributed by atoms with Crippen LogP contribution in [0.25, 0.3) is 0 Å². The van der Waals surface area contributed by atoms with Crippen molar-refractivity contribution in [1.29, 1.82) is 0 Å². The third-order valence-corrected chi connectivity index (χ3v) is 8.94. The Bertz CT molecular complexity index is 646. The lowest BCUT2D eigenvalue weighted by molar-refractivity contribution is 0.401. The van der Waals surface area contributed by atoms with Gasteiger partial charge in [-0.2, -0.15) is 0 Å². The van der Waals surface area contributed by atoms with Gasteiger partial charge in [0.05, 0.1) is 0 Å². The van der Waals surface area contributed by atoms with Crippen molar-refractivity contribution in [3.05, 3.63) is 60.8 Å². The average molecular weight is 624 g/mol. The molecule has 0 saturated heterocycles. The second-order valence-corrected chi connectivity index (χ2v) is 13.9. The number of unbranched alkanes of at least 4 members (excludes halogenated alkanes) is 19. The third kappa shape index (κ3) is 38.8. The van der Waals surface area contributed by atoms with Gasteiger partial charge >= 0.3 is 0 Å². The lowest BCUT2D eigenvalue weighted by atomic mass is 9.93. The molecule has 0 amide bonds. The van der Waals surface area contributed by atoms with Crippen molar-refractivity contribution < 1.29 is 0 Å². The van der Waals surface area contributed by atoms with Crippen LogP contribution in [0.15, 0.2) is 60.8 Å². The number of hydrogen-bond acceptors (Lipinski definition) is 1. The molecule has 0 rings (SSSR count). The molecule has 0 aromatic heterocycles. The summed E-state index contributed by atoms with van der Waals surface area (Å²) in [5, 5.41) is 0. The van der Waals surface area contributed by atoms with E-state index >= 15 is 0 Å². The maximum Gasteiger partial charge on any atom is -0.00219 e. The largest absolute Gasteiger partial charge is 0.309 e. The van der Waals surface area contributed by atoms with Crippen molar-refractivity contribution in [3.63, 3.8) is 0 Å². The molecule has 1 heteroatoms. The Morgan fingerprint density at radius 1 is 0.378 bits per heavy atom. The smallest absolute Gasteiger partial charge is 0.00219 e. The van der Waals surface area contributed by atoms with E-state index in [0.29, 0.717) is 0 Å². The maximum atomic E-state index is 2.59. The van der Waals surface area contributed by atoms with Gasteiger partial charge in [-0.05, 0) is 116 Å². The van der Waals surface area contributed by atoms with Gasteiger partial charge in [-0.3, -0.25) is 0 Å². The molecule has 0 aliphatic rings. The van der Waals surface area contributed by atoms with E-state index in [1.165, 1.54) is 173 Å². The lowest BCUT2D eigenvalue weighted by Crippen LogP contribution is -2.12. The zero-order valence-electron chi connectivity index (χ0n) is 31.3. The van der Waals surface area contributed by atoms with Crippen molar-refractivity contribution in [1.82, 2.24) is 4.90 Å². The molecule has 262 valence electrons. The highest BCUT2D eigenvalue weighted by Gasteiger charge is 2.05. The second kappa shape index (κ2) is 38.8.